The smallest absolute Gasteiger partial charge is 0.336 e. The number of carbonyl (C=O) groups is 3. The Balaban J connectivity index is 2.01. The van der Waals surface area contributed by atoms with Gasteiger partial charge in [0.1, 0.15) is 5.72 Å². The van der Waals surface area contributed by atoms with E-state index < -0.39 is 34.4 Å². The van der Waals surface area contributed by atoms with Crippen molar-refractivity contribution in [3.63, 3.8) is 0 Å². The normalized spacial score (nSPS) is 39.8. The van der Waals surface area contributed by atoms with Crippen LogP contribution in [-0.4, -0.2) is 46.9 Å². The molecule has 4 unspecified atom stereocenters. The van der Waals surface area contributed by atoms with Crippen molar-refractivity contribution in [1.82, 2.24) is 4.90 Å². The molecule has 2 bridgehead atoms. The van der Waals surface area contributed by atoms with E-state index in [9.17, 15) is 14.4 Å². The average Bonchev–Trinajstić information content (AvgIpc) is 2.99. The summed E-state index contributed by atoms with van der Waals surface area (Å²) < 4.78 is 16.7. The minimum Gasteiger partial charge on any atom is -0.468 e. The summed E-state index contributed by atoms with van der Waals surface area (Å²) in [6.45, 7) is 4.67. The lowest BCUT2D eigenvalue weighted by molar-refractivity contribution is -0.285. The fraction of sp³-hybridized carbons (Fsp3) is 0.526. The van der Waals surface area contributed by atoms with Gasteiger partial charge in [-0.05, 0) is 12.5 Å². The molecule has 3 aliphatic heterocycles. The molecule has 0 saturated carbocycles. The topological polar surface area (TPSA) is 82.1 Å². The van der Waals surface area contributed by atoms with Crippen LogP contribution in [0.1, 0.15) is 32.8 Å². The van der Waals surface area contributed by atoms with Gasteiger partial charge in [-0.15, -0.1) is 0 Å². The van der Waals surface area contributed by atoms with E-state index in [1.165, 1.54) is 18.9 Å². The summed E-state index contributed by atoms with van der Waals surface area (Å²) in [4.78, 5) is 40.2. The molecule has 4 atom stereocenters. The van der Waals surface area contributed by atoms with Crippen LogP contribution in [0.2, 0.25) is 0 Å². The minimum absolute atomic E-state index is 0.140. The van der Waals surface area contributed by atoms with Crippen LogP contribution in [0, 0.1) is 5.41 Å². The molecule has 3 fully saturated rings. The number of ether oxygens (including phenoxy) is 3. The Morgan fingerprint density at radius 3 is 2.46 bits per heavy atom. The molecule has 0 N–H and O–H groups in total. The van der Waals surface area contributed by atoms with Crippen LogP contribution < -0.4 is 0 Å². The number of methoxy groups -OCH3 is 1. The van der Waals surface area contributed by atoms with Gasteiger partial charge < -0.3 is 14.2 Å². The highest BCUT2D eigenvalue weighted by Crippen LogP contribution is 2.72. The zero-order valence-corrected chi connectivity index (χ0v) is 15.2. The summed E-state index contributed by atoms with van der Waals surface area (Å²) in [6, 6.07) is 9.27. The van der Waals surface area contributed by atoms with Crippen molar-refractivity contribution in [2.75, 3.05) is 7.11 Å². The van der Waals surface area contributed by atoms with E-state index in [1.54, 1.807) is 13.8 Å². The van der Waals surface area contributed by atoms with E-state index >= 15 is 0 Å². The molecule has 1 amide bonds. The van der Waals surface area contributed by atoms with Crippen molar-refractivity contribution >= 4 is 17.8 Å². The molecule has 3 aliphatic rings. The number of benzene rings is 1. The van der Waals surface area contributed by atoms with E-state index in [2.05, 4.69) is 0 Å². The molecular weight excluding hydrogens is 338 g/mol. The van der Waals surface area contributed by atoms with Gasteiger partial charge in [0.25, 0.3) is 0 Å². The maximum absolute atomic E-state index is 13.2. The zero-order valence-electron chi connectivity index (χ0n) is 15.2. The maximum Gasteiger partial charge on any atom is 0.336 e. The van der Waals surface area contributed by atoms with Crippen molar-refractivity contribution in [1.29, 1.82) is 0 Å². The molecule has 0 radical (unpaired) electrons. The Bertz CT molecular complexity index is 825. The lowest BCUT2D eigenvalue weighted by Gasteiger charge is -2.49. The quantitative estimate of drug-likeness (QED) is 0.759. The summed E-state index contributed by atoms with van der Waals surface area (Å²) in [7, 11) is 1.27. The maximum atomic E-state index is 13.2. The van der Waals surface area contributed by atoms with Gasteiger partial charge in [0, 0.05) is 26.7 Å². The number of amides is 1. The van der Waals surface area contributed by atoms with Crippen LogP contribution in [0.5, 0.6) is 0 Å². The molecule has 0 spiro atoms. The standard InChI is InChI=1S/C19H21NO6/c1-12(21)20-16(2)11-18(14(22)24-4)17(3,26-16)25-15(23)19(18,20)10-13-8-6-5-7-9-13/h5-9H,10-11H2,1-4H3. The number of likely N-dealkylation sites (tertiary alicyclic amines) is 1. The van der Waals surface area contributed by atoms with Gasteiger partial charge in [-0.2, -0.15) is 0 Å². The molecule has 7 nitrogen and oxygen atoms in total. The monoisotopic (exact) mass is 359 g/mol. The first-order valence-corrected chi connectivity index (χ1v) is 8.54. The van der Waals surface area contributed by atoms with Gasteiger partial charge in [-0.1, -0.05) is 30.3 Å². The summed E-state index contributed by atoms with van der Waals surface area (Å²) in [6.07, 6.45) is 0.289. The van der Waals surface area contributed by atoms with Gasteiger partial charge >= 0.3 is 11.9 Å². The van der Waals surface area contributed by atoms with E-state index in [-0.39, 0.29) is 18.7 Å². The molecule has 138 valence electrons. The van der Waals surface area contributed by atoms with Gasteiger partial charge in [0.05, 0.1) is 7.11 Å². The van der Waals surface area contributed by atoms with Crippen LogP contribution in [0.15, 0.2) is 30.3 Å². The lowest BCUT2D eigenvalue weighted by atomic mass is 9.64. The Morgan fingerprint density at radius 1 is 1.23 bits per heavy atom. The first kappa shape index (κ1) is 17.0. The Hall–Kier alpha value is -2.41. The summed E-state index contributed by atoms with van der Waals surface area (Å²) in [5.74, 6) is -3.07. The SMILES string of the molecule is COC(=O)C12CC3(C)OC1(C)OC(=O)C2(Cc1ccccc1)N3C(C)=O. The molecule has 26 heavy (non-hydrogen) atoms. The number of hydrogen-bond acceptors (Lipinski definition) is 6. The van der Waals surface area contributed by atoms with E-state index in [4.69, 9.17) is 14.2 Å². The third-order valence-corrected chi connectivity index (χ3v) is 6.12. The molecular formula is C19H21NO6. The van der Waals surface area contributed by atoms with Crippen LogP contribution in [0.3, 0.4) is 0 Å². The van der Waals surface area contributed by atoms with Crippen molar-refractivity contribution < 1.29 is 28.6 Å². The van der Waals surface area contributed by atoms with Crippen LogP contribution >= 0.6 is 0 Å². The van der Waals surface area contributed by atoms with E-state index in [0.29, 0.717) is 0 Å². The van der Waals surface area contributed by atoms with Gasteiger partial charge in [0.15, 0.2) is 11.0 Å². The predicted molar refractivity (Wildman–Crippen MR) is 88.5 cm³/mol. The van der Waals surface area contributed by atoms with Gasteiger partial charge in [0.2, 0.25) is 11.7 Å². The Morgan fingerprint density at radius 2 is 1.88 bits per heavy atom. The van der Waals surface area contributed by atoms with Crippen molar-refractivity contribution in [3.8, 4) is 0 Å². The molecule has 0 aromatic heterocycles. The molecule has 3 heterocycles. The number of rotatable bonds is 3. The zero-order chi connectivity index (χ0) is 19.0. The largest absolute Gasteiger partial charge is 0.468 e. The number of fused-ring (bicyclic) bond motifs is 1. The van der Waals surface area contributed by atoms with Gasteiger partial charge in [-0.25, -0.2) is 4.79 Å². The second-order valence-electron chi connectivity index (χ2n) is 7.56. The Labute approximate surface area is 151 Å². The van der Waals surface area contributed by atoms with Crippen molar-refractivity contribution in [3.05, 3.63) is 35.9 Å². The fourth-order valence-corrected chi connectivity index (χ4v) is 5.47. The Kier molecular flexibility index (Phi) is 3.18. The third kappa shape index (κ3) is 1.60. The highest BCUT2D eigenvalue weighted by Gasteiger charge is 2.92. The van der Waals surface area contributed by atoms with Crippen LogP contribution in [-0.2, 0) is 35.0 Å². The molecule has 3 saturated heterocycles. The molecule has 0 aliphatic carbocycles. The molecule has 7 heteroatoms. The lowest BCUT2D eigenvalue weighted by Crippen LogP contribution is -2.70. The molecule has 1 aromatic rings. The highest BCUT2D eigenvalue weighted by atomic mass is 16.8. The number of hydrogen-bond donors (Lipinski definition) is 0. The fourth-order valence-electron chi connectivity index (χ4n) is 5.47. The summed E-state index contributed by atoms with van der Waals surface area (Å²) in [5.41, 5.74) is -3.24. The summed E-state index contributed by atoms with van der Waals surface area (Å²) in [5, 5.41) is 0. The highest BCUT2D eigenvalue weighted by molar-refractivity contribution is 6.01. The molecule has 4 rings (SSSR count). The third-order valence-electron chi connectivity index (χ3n) is 6.12. The first-order chi connectivity index (χ1) is 12.2. The van der Waals surface area contributed by atoms with Crippen LogP contribution in [0.4, 0.5) is 0 Å². The van der Waals surface area contributed by atoms with E-state index in [0.717, 1.165) is 5.56 Å². The first-order valence-electron chi connectivity index (χ1n) is 8.54. The molecule has 1 aromatic carbocycles. The second kappa shape index (κ2) is 4.85. The average molecular weight is 359 g/mol. The van der Waals surface area contributed by atoms with Crippen molar-refractivity contribution in [2.24, 2.45) is 5.41 Å². The van der Waals surface area contributed by atoms with E-state index in [1.807, 2.05) is 30.3 Å². The van der Waals surface area contributed by atoms with Gasteiger partial charge in [-0.3, -0.25) is 14.5 Å². The minimum atomic E-state index is -1.50. The van der Waals surface area contributed by atoms with Crippen molar-refractivity contribution in [2.45, 2.75) is 50.7 Å². The van der Waals surface area contributed by atoms with Crippen LogP contribution in [0.25, 0.3) is 0 Å². The summed E-state index contributed by atoms with van der Waals surface area (Å²) >= 11 is 0. The number of esters is 2. The number of nitrogens with zero attached hydrogens (tertiary/aromatic N) is 1. The number of carbonyl (C=O) groups excluding carboxylic acids is 3. The second-order valence-corrected chi connectivity index (χ2v) is 7.56. The predicted octanol–water partition coefficient (Wildman–Crippen LogP) is 1.40.